The summed E-state index contributed by atoms with van der Waals surface area (Å²) in [6.07, 6.45) is 18.7. The van der Waals surface area contributed by atoms with E-state index < -0.39 is 16.6 Å². The van der Waals surface area contributed by atoms with Gasteiger partial charge in [-0.1, -0.05) is 0 Å². The van der Waals surface area contributed by atoms with E-state index in [9.17, 15) is 0 Å². The molecular weight excluding hydrogens is 703 g/mol. The van der Waals surface area contributed by atoms with Crippen molar-refractivity contribution in [2.45, 2.75) is 94.9 Å². The standard InChI is InChI=1S/2C20H21O.C6H10.2ClH.Ti/c2*1-3-4-6-15-13-17-7-5-8-19(20(17)14-15)16-9-11-18(21-2)12-10-16;1-2-4-6-5-3-1;;;/h2*5,7-14H,3-4,6H2,1-2H3;1-2H,3-6H2;2*1H;/q;;;;;+2/p-2. The minimum absolute atomic E-state index is 0. The topological polar surface area (TPSA) is 18.5 Å². The van der Waals surface area contributed by atoms with Gasteiger partial charge in [0, 0.05) is 0 Å². The molecule has 51 heavy (non-hydrogen) atoms. The van der Waals surface area contributed by atoms with Crippen molar-refractivity contribution >= 4 is 12.2 Å². The third-order valence-electron chi connectivity index (χ3n) is 12.7. The average Bonchev–Trinajstić information content (AvgIpc) is 3.43. The zero-order valence-electron chi connectivity index (χ0n) is 30.7. The summed E-state index contributed by atoms with van der Waals surface area (Å²) in [7, 11) is 3.52. The molecule has 3 aliphatic carbocycles. The van der Waals surface area contributed by atoms with E-state index in [0.717, 1.165) is 19.9 Å². The minimum Gasteiger partial charge on any atom is -1.00 e. The van der Waals surface area contributed by atoms with Crippen molar-refractivity contribution in [1.82, 2.24) is 0 Å². The second kappa shape index (κ2) is 16.1. The third kappa shape index (κ3) is 6.47. The molecule has 0 bridgehead atoms. The molecule has 8 rings (SSSR count). The number of ether oxygens (including phenoxy) is 2. The van der Waals surface area contributed by atoms with Gasteiger partial charge in [-0.15, -0.1) is 0 Å². The Balaban J connectivity index is 0.00000224. The van der Waals surface area contributed by atoms with Gasteiger partial charge in [0.1, 0.15) is 0 Å². The molecule has 5 heteroatoms. The maximum absolute atomic E-state index is 5.54. The Labute approximate surface area is 322 Å². The summed E-state index contributed by atoms with van der Waals surface area (Å²) in [5.74, 6) is 1.84. The van der Waals surface area contributed by atoms with E-state index in [1.165, 1.54) is 97.6 Å². The molecule has 1 saturated heterocycles. The van der Waals surface area contributed by atoms with Gasteiger partial charge >= 0.3 is 299 Å². The average molecular weight is 756 g/mol. The van der Waals surface area contributed by atoms with Crippen LogP contribution in [-0.2, 0) is 16.6 Å². The first kappa shape index (κ1) is 38.0. The smallest absolute Gasteiger partial charge is 1.00 e. The Morgan fingerprint density at radius 3 is 1.35 bits per heavy atom. The molecule has 0 spiro atoms. The van der Waals surface area contributed by atoms with Crippen LogP contribution >= 0.6 is 0 Å². The second-order valence-corrected chi connectivity index (χ2v) is 22.3. The van der Waals surface area contributed by atoms with E-state index in [4.69, 9.17) is 9.47 Å². The molecule has 2 fully saturated rings. The predicted octanol–water partition coefficient (Wildman–Crippen LogP) is 7.32. The van der Waals surface area contributed by atoms with Crippen molar-refractivity contribution in [2.75, 3.05) is 14.2 Å². The van der Waals surface area contributed by atoms with Gasteiger partial charge in [0.05, 0.1) is 0 Å². The van der Waals surface area contributed by atoms with Crippen LogP contribution in [-0.4, -0.2) is 14.2 Å². The number of unbranched alkanes of at least 4 members (excludes halogenated alkanes) is 2. The molecule has 0 aromatic heterocycles. The Bertz CT molecular complexity index is 1750. The number of hydrogen-bond donors (Lipinski definition) is 0. The first-order valence-corrected chi connectivity index (χ1v) is 22.7. The van der Waals surface area contributed by atoms with Gasteiger partial charge < -0.3 is 24.8 Å². The molecule has 266 valence electrons. The van der Waals surface area contributed by atoms with Crippen LogP contribution in [0.3, 0.4) is 0 Å². The number of rotatable bonds is 12. The molecule has 1 heterocycles. The van der Waals surface area contributed by atoms with Crippen molar-refractivity contribution in [3.8, 4) is 33.8 Å². The Morgan fingerprint density at radius 2 is 0.980 bits per heavy atom. The van der Waals surface area contributed by atoms with Gasteiger partial charge in [0.15, 0.2) is 0 Å². The van der Waals surface area contributed by atoms with Gasteiger partial charge in [-0.05, 0) is 0 Å². The van der Waals surface area contributed by atoms with Crippen LogP contribution in [0.15, 0.2) is 96.1 Å². The number of fused-ring (bicyclic) bond motifs is 3. The fourth-order valence-electron chi connectivity index (χ4n) is 10.6. The maximum atomic E-state index is 5.54. The monoisotopic (exact) mass is 754 g/mol. The van der Waals surface area contributed by atoms with Crippen molar-refractivity contribution in [3.63, 3.8) is 0 Å². The van der Waals surface area contributed by atoms with E-state index in [1.54, 1.807) is 36.5 Å². The van der Waals surface area contributed by atoms with E-state index >= 15 is 0 Å². The van der Waals surface area contributed by atoms with Crippen LogP contribution in [0.4, 0.5) is 0 Å². The Hall–Kier alpha value is -2.75. The quantitative estimate of drug-likeness (QED) is 0.141. The van der Waals surface area contributed by atoms with Crippen LogP contribution in [0.1, 0.15) is 109 Å². The molecule has 0 radical (unpaired) electrons. The zero-order valence-corrected chi connectivity index (χ0v) is 33.8. The number of hydrogen-bond acceptors (Lipinski definition) is 2. The molecule has 0 amide bonds. The summed E-state index contributed by atoms with van der Waals surface area (Å²) in [5, 5.41) is 0. The molecule has 4 atom stereocenters. The summed E-state index contributed by atoms with van der Waals surface area (Å²) < 4.78 is 14.3. The zero-order chi connectivity index (χ0) is 33.5. The van der Waals surface area contributed by atoms with Crippen LogP contribution in [0.5, 0.6) is 11.5 Å². The molecule has 1 saturated carbocycles. The van der Waals surface area contributed by atoms with Crippen molar-refractivity contribution in [2.24, 2.45) is 0 Å². The normalized spacial score (nSPS) is 22.6. The molecule has 0 N–H and O–H groups in total. The minimum atomic E-state index is -2.73. The van der Waals surface area contributed by atoms with E-state index in [1.807, 2.05) is 0 Å². The summed E-state index contributed by atoms with van der Waals surface area (Å²) in [5.41, 5.74) is 15.3. The summed E-state index contributed by atoms with van der Waals surface area (Å²) in [6.45, 7) is 4.74. The molecular formula is C46H52Cl2O2Ti. The molecule has 4 unspecified atom stereocenters. The SMILES string of the molecule is CCCCC1=Cc2c(-c3ccc(OC)cc3)cccc2[CH]1[Ti+2]1([CH]2C(CCCC)=Cc3c(-c4ccc(OC)cc4)cccc32)[CH]2CCCC[CH]21.[Cl-].[Cl-]. The predicted molar refractivity (Wildman–Crippen MR) is 203 cm³/mol. The first-order valence-electron chi connectivity index (χ1n) is 19.1. The molecule has 4 aromatic carbocycles. The van der Waals surface area contributed by atoms with Crippen LogP contribution in [0, 0.1) is 0 Å². The molecule has 1 aliphatic heterocycles. The molecule has 2 nitrogen and oxygen atoms in total. The maximum Gasteiger partial charge on any atom is -1.00 e. The summed E-state index contributed by atoms with van der Waals surface area (Å²) in [6, 6.07) is 32.1. The number of allylic oxidation sites excluding steroid dienone is 2. The Morgan fingerprint density at radius 1 is 0.569 bits per heavy atom. The Kier molecular flexibility index (Phi) is 12.0. The fraction of sp³-hybridized carbons (Fsp3) is 0.391. The fourth-order valence-corrected chi connectivity index (χ4v) is 24.8. The van der Waals surface area contributed by atoms with Crippen LogP contribution in [0.25, 0.3) is 34.4 Å². The third-order valence-corrected chi connectivity index (χ3v) is 23.5. The summed E-state index contributed by atoms with van der Waals surface area (Å²) in [4.78, 5) is 0. The number of methoxy groups -OCH3 is 2. The van der Waals surface area contributed by atoms with Gasteiger partial charge in [-0.2, -0.15) is 0 Å². The molecule has 4 aromatic rings. The van der Waals surface area contributed by atoms with Crippen LogP contribution in [0.2, 0.25) is 8.45 Å². The number of benzene rings is 4. The van der Waals surface area contributed by atoms with Gasteiger partial charge in [-0.3, -0.25) is 0 Å². The van der Waals surface area contributed by atoms with Gasteiger partial charge in [0.2, 0.25) is 0 Å². The van der Waals surface area contributed by atoms with E-state index in [0.29, 0.717) is 8.45 Å². The largest absolute Gasteiger partial charge is 1.00 e. The van der Waals surface area contributed by atoms with E-state index in [-0.39, 0.29) is 24.8 Å². The second-order valence-electron chi connectivity index (χ2n) is 15.1. The van der Waals surface area contributed by atoms with Gasteiger partial charge in [0.25, 0.3) is 0 Å². The van der Waals surface area contributed by atoms with Gasteiger partial charge in [-0.25, -0.2) is 0 Å². The number of halogens is 2. The molecule has 4 aliphatic rings. The van der Waals surface area contributed by atoms with E-state index in [2.05, 4.69) is 111 Å². The van der Waals surface area contributed by atoms with Crippen molar-refractivity contribution < 1.29 is 50.9 Å². The first-order chi connectivity index (χ1) is 24.1. The summed E-state index contributed by atoms with van der Waals surface area (Å²) >= 11 is -2.73. The van der Waals surface area contributed by atoms with Crippen molar-refractivity contribution in [3.05, 3.63) is 118 Å². The van der Waals surface area contributed by atoms with Crippen LogP contribution < -0.4 is 34.3 Å². The van der Waals surface area contributed by atoms with Crippen molar-refractivity contribution in [1.29, 1.82) is 0 Å².